The Kier molecular flexibility index (Phi) is 46.5. The maximum atomic E-state index is 10.5. The van der Waals surface area contributed by atoms with Gasteiger partial charge in [-0.05, 0) is 117 Å². The van der Waals surface area contributed by atoms with Crippen LogP contribution in [-0.2, 0) is 56.8 Å². The van der Waals surface area contributed by atoms with E-state index in [1.165, 1.54) is 122 Å². The molecule has 6 aromatic carbocycles. The lowest BCUT2D eigenvalue weighted by atomic mass is 9.92. The second kappa shape index (κ2) is 57.4. The highest BCUT2D eigenvalue weighted by Gasteiger charge is 2.48. The first-order valence-electron chi connectivity index (χ1n) is 46.3. The summed E-state index contributed by atoms with van der Waals surface area (Å²) >= 11 is 0. The zero-order chi connectivity index (χ0) is 91.7. The fourth-order valence-electron chi connectivity index (χ4n) is 16.0. The molecule has 0 spiro atoms. The van der Waals surface area contributed by atoms with Crippen LogP contribution >= 0.6 is 0 Å². The largest absolute Gasteiger partial charge is 0.494 e. The van der Waals surface area contributed by atoms with Gasteiger partial charge >= 0.3 is 0 Å². The summed E-state index contributed by atoms with van der Waals surface area (Å²) in [5, 5.41) is 163. The molecule has 10 rings (SSSR count). The molecule has 0 aliphatic carbocycles. The van der Waals surface area contributed by atoms with E-state index < -0.39 is 161 Å². The van der Waals surface area contributed by atoms with Crippen molar-refractivity contribution in [3.63, 3.8) is 0 Å². The molecule has 20 atom stereocenters. The van der Waals surface area contributed by atoms with Crippen LogP contribution in [0.1, 0.15) is 135 Å². The van der Waals surface area contributed by atoms with Crippen molar-refractivity contribution in [1.29, 1.82) is 0 Å². The predicted octanol–water partition coefficient (Wildman–Crippen LogP) is 7.54. The van der Waals surface area contributed by atoms with E-state index in [1.807, 2.05) is 48.5 Å². The van der Waals surface area contributed by atoms with Crippen LogP contribution in [0.25, 0.3) is 55.6 Å². The fourth-order valence-corrected chi connectivity index (χ4v) is 16.0. The number of unbranched alkanes of at least 4 members (excludes halogenated alkanes) is 19. The normalized spacial score (nSPS) is 26.1. The van der Waals surface area contributed by atoms with Crippen molar-refractivity contribution in [2.24, 2.45) is 11.8 Å². The van der Waals surface area contributed by atoms with Crippen LogP contribution in [0.15, 0.2) is 140 Å². The van der Waals surface area contributed by atoms with Crippen LogP contribution in [0.2, 0.25) is 0 Å². The first-order valence-corrected chi connectivity index (χ1v) is 46.3. The van der Waals surface area contributed by atoms with Gasteiger partial charge in [0.15, 0.2) is 25.2 Å². The topological polar surface area (TPSA) is 462 Å². The van der Waals surface area contributed by atoms with Gasteiger partial charge in [0.2, 0.25) is 0 Å². The number of hydrogen-bond donors (Lipinski definition) is 16. The van der Waals surface area contributed by atoms with Gasteiger partial charge in [-0.1, -0.05) is 214 Å². The highest BCUT2D eigenvalue weighted by atomic mass is 16.7. The van der Waals surface area contributed by atoms with Gasteiger partial charge in [0.1, 0.15) is 115 Å². The number of aliphatic hydroxyl groups is 16. The summed E-state index contributed by atoms with van der Waals surface area (Å²) in [5.41, 5.74) is 9.65. The third-order valence-corrected chi connectivity index (χ3v) is 24.0. The van der Waals surface area contributed by atoms with Crippen LogP contribution in [0.4, 0.5) is 0 Å². The average Bonchev–Trinajstić information content (AvgIpc) is 0.796. The molecule has 4 saturated heterocycles. The highest BCUT2D eigenvalue weighted by molar-refractivity contribution is 5.82. The molecule has 0 bridgehead atoms. The summed E-state index contributed by atoms with van der Waals surface area (Å²) < 4.78 is 87.4. The zero-order valence-electron chi connectivity index (χ0n) is 74.3. The van der Waals surface area contributed by atoms with Gasteiger partial charge in [-0.15, -0.1) is 0 Å². The second-order valence-corrected chi connectivity index (χ2v) is 34.0. The van der Waals surface area contributed by atoms with Gasteiger partial charge in [-0.3, -0.25) is 0 Å². The summed E-state index contributed by atoms with van der Waals surface area (Å²) in [7, 11) is 0. The number of ether oxygens (including phenoxy) is 15. The van der Waals surface area contributed by atoms with Gasteiger partial charge < -0.3 is 153 Å². The van der Waals surface area contributed by atoms with Crippen LogP contribution < -0.4 is 14.2 Å². The molecule has 0 saturated carbocycles. The summed E-state index contributed by atoms with van der Waals surface area (Å²) in [6, 6.07) is 46.9. The molecule has 4 heterocycles. The van der Waals surface area contributed by atoms with Crippen LogP contribution in [0.3, 0.4) is 0 Å². The first-order chi connectivity index (χ1) is 62.8. The molecular weight excluding hydrogens is 1670 g/mol. The van der Waals surface area contributed by atoms with Gasteiger partial charge in [-0.25, -0.2) is 0 Å². The molecule has 0 aromatic heterocycles. The van der Waals surface area contributed by atoms with E-state index in [9.17, 15) is 81.7 Å². The van der Waals surface area contributed by atoms with Crippen LogP contribution in [0, 0.1) is 11.8 Å². The minimum Gasteiger partial charge on any atom is -0.494 e. The maximum absolute atomic E-state index is 10.5. The summed E-state index contributed by atoms with van der Waals surface area (Å²) in [6.07, 6.45) is -2.23. The zero-order valence-corrected chi connectivity index (χ0v) is 74.3. The minimum absolute atomic E-state index is 0.0142. The number of hydrogen-bond acceptors (Lipinski definition) is 31. The summed E-state index contributed by atoms with van der Waals surface area (Å²) in [6.45, 7) is 0.464. The molecule has 16 N–H and O–H groups in total. The van der Waals surface area contributed by atoms with E-state index in [1.54, 1.807) is 0 Å². The molecule has 4 fully saturated rings. The van der Waals surface area contributed by atoms with Crippen LogP contribution in [-0.4, -0.2) is 330 Å². The summed E-state index contributed by atoms with van der Waals surface area (Å²) in [5.74, 6) is 1.07. The number of aliphatic hydroxyl groups excluding tert-OH is 16. The van der Waals surface area contributed by atoms with E-state index >= 15 is 0 Å². The number of rotatable bonds is 61. The molecule has 0 radical (unpaired) electrons. The molecule has 31 nitrogen and oxygen atoms in total. The van der Waals surface area contributed by atoms with Gasteiger partial charge in [0.25, 0.3) is 0 Å². The lowest BCUT2D eigenvalue weighted by Gasteiger charge is -2.39. The second-order valence-electron chi connectivity index (χ2n) is 34.0. The number of benzene rings is 6. The average molecular weight is 1820 g/mol. The Balaban J connectivity index is 0.777. The van der Waals surface area contributed by atoms with Crippen molar-refractivity contribution in [2.75, 3.05) is 126 Å². The molecule has 31 heteroatoms. The Labute approximate surface area is 757 Å². The van der Waals surface area contributed by atoms with Crippen molar-refractivity contribution in [3.05, 3.63) is 140 Å². The van der Waals surface area contributed by atoms with Crippen molar-refractivity contribution in [1.82, 2.24) is 0 Å². The minimum atomic E-state index is -1.63. The smallest absolute Gasteiger partial charge is 0.186 e. The molecule has 0 amide bonds. The Morgan fingerprint density at radius 3 is 0.667 bits per heavy atom. The van der Waals surface area contributed by atoms with Crippen molar-refractivity contribution in [3.8, 4) is 72.9 Å². The SMILES string of the molecule is CCCCCCCCCCCCCCCCCCCCCCOc1ccc(-c2ccc(-c3ccc(-c4cc(-c5ccc(OCC(COCCO[C@H]6O[C@H](CO)[C@@H](O)[C@H](O)[C@@H]6O)COCCO[C@H]6O[C@H](CO)[C@@H](O)[C@H](O)[C@@H]6O)cc5)cc(-c5ccc(OCC(COCCO[C@H]6O[C@H](CO)[C@@H](O)[C@H](O)[C@@H]6O)COCCO[C@H]6O[C@H](CO)[C@@H](O)[C@H](O)[C@@H]6O)cc5)c4)cc3)cc2)cc1. The van der Waals surface area contributed by atoms with Crippen molar-refractivity contribution < 1.29 is 153 Å². The Morgan fingerprint density at radius 1 is 0.225 bits per heavy atom. The van der Waals surface area contributed by atoms with E-state index in [4.69, 9.17) is 71.1 Å². The predicted molar refractivity (Wildman–Crippen MR) is 477 cm³/mol. The van der Waals surface area contributed by atoms with Crippen LogP contribution in [0.5, 0.6) is 17.2 Å². The first kappa shape index (κ1) is 105. The molecule has 129 heavy (non-hydrogen) atoms. The quantitative estimate of drug-likeness (QED) is 0.0164. The molecule has 6 aromatic rings. The van der Waals surface area contributed by atoms with Gasteiger partial charge in [0.05, 0.1) is 126 Å². The molecule has 4 aliphatic heterocycles. The molecule has 0 unspecified atom stereocenters. The highest BCUT2D eigenvalue weighted by Crippen LogP contribution is 2.37. The Morgan fingerprint density at radius 2 is 0.434 bits per heavy atom. The molecule has 4 aliphatic rings. The standard InChI is InChI=1S/C98H142O31/c1-2-3-4-5-6-7-8-9-10-11-12-13-14-15-16-17-18-19-20-21-42-119-76-36-30-69(31-37-76)68-24-22-66(23-25-68)67-26-28-70(29-27-67)73-51-74(71-32-38-77(39-33-71)124-62-64(58-115-43-47-120-95-91(111)87(107)83(103)79(54-99)126-95)59-116-44-48-121-96-92(112)88(108)84(104)80(55-100)127-96)53-75(52-73)72-34-40-78(41-35-72)125-63-65(60-117-45-49-122-97-93(113)89(109)85(105)81(56-101)128-97)61-118-46-50-123-98-94(114)90(110)86(106)82(57-102)129-98/h22-41,51-53,64-65,79-114H,2-21,42-50,54-63H2,1H3/t79-,80-,81-,82-,83-,84-,85-,86-,87+,88+,89+,90+,91+,92+,93+,94+,95+,96+,97+,98+/m1/s1. The lowest BCUT2D eigenvalue weighted by molar-refractivity contribution is -0.302. The van der Waals surface area contributed by atoms with E-state index in [0.717, 1.165) is 67.8 Å². The molecule has 720 valence electrons. The third-order valence-electron chi connectivity index (χ3n) is 24.0. The van der Waals surface area contributed by atoms with E-state index in [0.29, 0.717) is 18.1 Å². The fraction of sp³-hybridized carbons (Fsp3) is 0.633. The van der Waals surface area contributed by atoms with E-state index in [2.05, 4.69) is 97.9 Å². The Bertz CT molecular complexity index is 3700. The lowest BCUT2D eigenvalue weighted by Crippen LogP contribution is -2.59. The maximum Gasteiger partial charge on any atom is 0.186 e. The van der Waals surface area contributed by atoms with Crippen molar-refractivity contribution >= 4 is 0 Å². The Hall–Kier alpha value is -6.40. The van der Waals surface area contributed by atoms with Crippen molar-refractivity contribution in [2.45, 2.75) is 258 Å². The van der Waals surface area contributed by atoms with Gasteiger partial charge in [0, 0.05) is 11.8 Å². The third kappa shape index (κ3) is 33.3. The summed E-state index contributed by atoms with van der Waals surface area (Å²) in [4.78, 5) is 0. The monoisotopic (exact) mass is 1810 g/mol. The van der Waals surface area contributed by atoms with E-state index in [-0.39, 0.29) is 92.5 Å². The molecular formula is C98H142O31. The van der Waals surface area contributed by atoms with Gasteiger partial charge in [-0.2, -0.15) is 0 Å².